The van der Waals surface area contributed by atoms with Gasteiger partial charge in [0, 0.05) is 24.8 Å². The van der Waals surface area contributed by atoms with E-state index in [-0.39, 0.29) is 11.7 Å². The topological polar surface area (TPSA) is 67.2 Å². The van der Waals surface area contributed by atoms with Crippen molar-refractivity contribution in [2.45, 2.75) is 31.7 Å². The molecule has 0 spiro atoms. The average molecular weight is 353 g/mol. The molecule has 0 aliphatic heterocycles. The number of benzene rings is 2. The number of hydrogen-bond donors (Lipinski definition) is 3. The monoisotopic (exact) mass is 353 g/mol. The lowest BCUT2D eigenvalue weighted by atomic mass is 9.90. The van der Waals surface area contributed by atoms with Gasteiger partial charge in [-0.25, -0.2) is 4.39 Å². The van der Waals surface area contributed by atoms with Gasteiger partial charge in [-0.15, -0.1) is 0 Å². The maximum Gasteiger partial charge on any atom is 0.217 e. The molecule has 1 amide bonds. The minimum Gasteiger partial charge on any atom is -0.399 e. The number of nitrogens with one attached hydrogen (secondary N) is 2. The minimum absolute atomic E-state index is 0.0592. The zero-order valence-corrected chi connectivity index (χ0v) is 14.9. The molecule has 1 unspecified atom stereocenters. The van der Waals surface area contributed by atoms with Gasteiger partial charge in [0.15, 0.2) is 0 Å². The summed E-state index contributed by atoms with van der Waals surface area (Å²) in [5, 5.41) is 6.49. The van der Waals surface area contributed by atoms with Crippen LogP contribution in [0.3, 0.4) is 0 Å². The van der Waals surface area contributed by atoms with Crippen molar-refractivity contribution in [2.75, 3.05) is 17.6 Å². The molecule has 0 fully saturated rings. The molecule has 2 aromatic carbocycles. The summed E-state index contributed by atoms with van der Waals surface area (Å²) in [5.41, 5.74) is 9.29. The second-order valence-electron chi connectivity index (χ2n) is 6.92. The number of nitrogens with two attached hydrogens (primary N) is 1. The lowest BCUT2D eigenvalue weighted by Crippen LogP contribution is -2.46. The highest BCUT2D eigenvalue weighted by Gasteiger charge is 2.33. The molecule has 4 nitrogen and oxygen atoms in total. The Hall–Kier alpha value is -2.82. The number of anilines is 2. The molecule has 1 atom stereocenters. The van der Waals surface area contributed by atoms with Crippen molar-refractivity contribution in [3.05, 3.63) is 71.6 Å². The first-order chi connectivity index (χ1) is 12.4. The van der Waals surface area contributed by atoms with Gasteiger partial charge < -0.3 is 16.4 Å². The van der Waals surface area contributed by atoms with Crippen molar-refractivity contribution >= 4 is 17.3 Å². The fraction of sp³-hybridized carbons (Fsp3) is 0.286. The second kappa shape index (κ2) is 7.60. The average Bonchev–Trinajstić information content (AvgIpc) is 2.98. The van der Waals surface area contributed by atoms with Crippen molar-refractivity contribution in [2.24, 2.45) is 0 Å². The zero-order chi connectivity index (χ0) is 18.6. The van der Waals surface area contributed by atoms with E-state index in [1.165, 1.54) is 24.6 Å². The first-order valence-corrected chi connectivity index (χ1v) is 8.77. The molecule has 0 heterocycles. The highest BCUT2D eigenvalue weighted by Crippen LogP contribution is 2.32. The largest absolute Gasteiger partial charge is 0.399 e. The highest BCUT2D eigenvalue weighted by molar-refractivity contribution is 5.74. The van der Waals surface area contributed by atoms with Crippen molar-refractivity contribution in [3.8, 4) is 0 Å². The van der Waals surface area contributed by atoms with Gasteiger partial charge in [-0.3, -0.25) is 4.79 Å². The third kappa shape index (κ3) is 4.63. The van der Waals surface area contributed by atoms with Crippen LogP contribution in [-0.4, -0.2) is 18.0 Å². The predicted octanol–water partition coefficient (Wildman–Crippen LogP) is 3.66. The molecule has 136 valence electrons. The van der Waals surface area contributed by atoms with E-state index < -0.39 is 5.54 Å². The van der Waals surface area contributed by atoms with Gasteiger partial charge in [-0.05, 0) is 61.2 Å². The summed E-state index contributed by atoms with van der Waals surface area (Å²) in [7, 11) is 0. The quantitative estimate of drug-likeness (QED) is 0.548. The SMILES string of the molecule is CC(=O)NC1(Cc2ccc(F)cc2)C=C(CNc2ccc(N)cc2)CC1. The summed E-state index contributed by atoms with van der Waals surface area (Å²) in [5.74, 6) is -0.311. The standard InChI is InChI=1S/C21H24FN3O/c1-15(26)25-21(12-16-2-4-18(22)5-3-16)11-10-17(13-21)14-24-20-8-6-19(23)7-9-20/h2-9,13,24H,10-12,14,23H2,1H3,(H,25,26). The molecule has 1 aliphatic carbocycles. The van der Waals surface area contributed by atoms with Crippen molar-refractivity contribution in [3.63, 3.8) is 0 Å². The van der Waals surface area contributed by atoms with Gasteiger partial charge in [0.25, 0.3) is 0 Å². The number of nitrogen functional groups attached to an aromatic ring is 1. The van der Waals surface area contributed by atoms with Gasteiger partial charge in [0.05, 0.1) is 5.54 Å². The third-order valence-corrected chi connectivity index (χ3v) is 4.66. The van der Waals surface area contributed by atoms with Gasteiger partial charge in [-0.2, -0.15) is 0 Å². The van der Waals surface area contributed by atoms with Crippen LogP contribution in [0.5, 0.6) is 0 Å². The van der Waals surface area contributed by atoms with Crippen LogP contribution in [0.2, 0.25) is 0 Å². The summed E-state index contributed by atoms with van der Waals surface area (Å²) in [6.45, 7) is 2.25. The minimum atomic E-state index is -0.415. The van der Waals surface area contributed by atoms with Crippen LogP contribution in [0.25, 0.3) is 0 Å². The van der Waals surface area contributed by atoms with Crippen molar-refractivity contribution in [1.82, 2.24) is 5.32 Å². The Labute approximate surface area is 153 Å². The van der Waals surface area contributed by atoms with Crippen LogP contribution in [0, 0.1) is 5.82 Å². The molecule has 3 rings (SSSR count). The Balaban J connectivity index is 1.71. The Morgan fingerprint density at radius 1 is 1.15 bits per heavy atom. The van der Waals surface area contributed by atoms with E-state index in [0.29, 0.717) is 13.0 Å². The van der Waals surface area contributed by atoms with Crippen LogP contribution in [0.1, 0.15) is 25.3 Å². The smallest absolute Gasteiger partial charge is 0.217 e. The molecule has 5 heteroatoms. The van der Waals surface area contributed by atoms with E-state index in [0.717, 1.165) is 29.8 Å². The third-order valence-electron chi connectivity index (χ3n) is 4.66. The normalized spacial score (nSPS) is 19.1. The molecule has 0 aromatic heterocycles. The number of halogens is 1. The maximum absolute atomic E-state index is 13.2. The highest BCUT2D eigenvalue weighted by atomic mass is 19.1. The van der Waals surface area contributed by atoms with Crippen LogP contribution in [0.4, 0.5) is 15.8 Å². The van der Waals surface area contributed by atoms with Gasteiger partial charge in [0.1, 0.15) is 5.82 Å². The molecule has 2 aromatic rings. The molecule has 0 saturated carbocycles. The fourth-order valence-corrected chi connectivity index (χ4v) is 3.47. The summed E-state index contributed by atoms with van der Waals surface area (Å²) in [6, 6.07) is 14.1. The maximum atomic E-state index is 13.2. The van der Waals surface area contributed by atoms with Crippen LogP contribution in [0.15, 0.2) is 60.2 Å². The Kier molecular flexibility index (Phi) is 5.26. The van der Waals surface area contributed by atoms with E-state index in [2.05, 4.69) is 16.7 Å². The molecule has 0 radical (unpaired) electrons. The lowest BCUT2D eigenvalue weighted by molar-refractivity contribution is -0.120. The first kappa shape index (κ1) is 18.0. The Morgan fingerprint density at radius 3 is 2.50 bits per heavy atom. The van der Waals surface area contributed by atoms with E-state index >= 15 is 0 Å². The second-order valence-corrected chi connectivity index (χ2v) is 6.92. The van der Waals surface area contributed by atoms with Gasteiger partial charge >= 0.3 is 0 Å². The van der Waals surface area contributed by atoms with Gasteiger partial charge in [0.2, 0.25) is 5.91 Å². The zero-order valence-electron chi connectivity index (χ0n) is 14.9. The summed E-state index contributed by atoms with van der Waals surface area (Å²) < 4.78 is 13.2. The predicted molar refractivity (Wildman–Crippen MR) is 103 cm³/mol. The van der Waals surface area contributed by atoms with Crippen molar-refractivity contribution < 1.29 is 9.18 Å². The van der Waals surface area contributed by atoms with Crippen molar-refractivity contribution in [1.29, 1.82) is 0 Å². The molecular weight excluding hydrogens is 329 g/mol. The van der Waals surface area contributed by atoms with E-state index in [9.17, 15) is 9.18 Å². The molecular formula is C21H24FN3O. The fourth-order valence-electron chi connectivity index (χ4n) is 3.47. The lowest BCUT2D eigenvalue weighted by Gasteiger charge is -2.28. The number of carbonyl (C=O) groups excluding carboxylic acids is 1. The molecule has 0 saturated heterocycles. The number of rotatable bonds is 6. The van der Waals surface area contributed by atoms with E-state index in [4.69, 9.17) is 5.73 Å². The molecule has 0 bridgehead atoms. The van der Waals surface area contributed by atoms with Crippen LogP contribution < -0.4 is 16.4 Å². The Bertz CT molecular complexity index is 799. The number of carbonyl (C=O) groups is 1. The Morgan fingerprint density at radius 2 is 1.85 bits per heavy atom. The first-order valence-electron chi connectivity index (χ1n) is 8.77. The molecule has 1 aliphatic rings. The molecule has 4 N–H and O–H groups in total. The van der Waals surface area contributed by atoms with Crippen LogP contribution >= 0.6 is 0 Å². The number of hydrogen-bond acceptors (Lipinski definition) is 3. The summed E-state index contributed by atoms with van der Waals surface area (Å²) in [4.78, 5) is 11.7. The summed E-state index contributed by atoms with van der Waals surface area (Å²) >= 11 is 0. The molecule has 26 heavy (non-hydrogen) atoms. The number of amides is 1. The van der Waals surface area contributed by atoms with Gasteiger partial charge in [-0.1, -0.05) is 23.8 Å². The van der Waals surface area contributed by atoms with Crippen LogP contribution in [-0.2, 0) is 11.2 Å². The summed E-state index contributed by atoms with van der Waals surface area (Å²) in [6.07, 6.45) is 4.55. The van der Waals surface area contributed by atoms with E-state index in [1.54, 1.807) is 12.1 Å². The van der Waals surface area contributed by atoms with E-state index in [1.807, 2.05) is 24.3 Å².